The average molecular weight is 244 g/mol. The fraction of sp³-hybridized carbons (Fsp3) is 0.400. The van der Waals surface area contributed by atoms with Gasteiger partial charge in [0.1, 0.15) is 6.29 Å². The fourth-order valence-electron chi connectivity index (χ4n) is 2.57. The number of aldehydes is 1. The van der Waals surface area contributed by atoms with Crippen LogP contribution in [0.25, 0.3) is 0 Å². The predicted molar refractivity (Wildman–Crippen MR) is 74.3 cm³/mol. The van der Waals surface area contributed by atoms with E-state index in [9.17, 15) is 4.79 Å². The Morgan fingerprint density at radius 1 is 1.44 bits per heavy atom. The van der Waals surface area contributed by atoms with Crippen LogP contribution < -0.4 is 5.73 Å². The van der Waals surface area contributed by atoms with Crippen LogP contribution in [0.4, 0.5) is 5.69 Å². The summed E-state index contributed by atoms with van der Waals surface area (Å²) in [6.07, 6.45) is 5.41. The van der Waals surface area contributed by atoms with Gasteiger partial charge in [0.2, 0.25) is 0 Å². The summed E-state index contributed by atoms with van der Waals surface area (Å²) in [4.78, 5) is 12.9. The average Bonchev–Trinajstić information content (AvgIpc) is 2.39. The van der Waals surface area contributed by atoms with Gasteiger partial charge in [-0.15, -0.1) is 6.58 Å². The molecule has 1 aliphatic rings. The molecule has 1 heterocycles. The van der Waals surface area contributed by atoms with Gasteiger partial charge in [0, 0.05) is 31.2 Å². The molecule has 1 unspecified atom stereocenters. The van der Waals surface area contributed by atoms with Crippen molar-refractivity contribution >= 4 is 12.0 Å². The molecule has 2 rings (SSSR count). The second-order valence-corrected chi connectivity index (χ2v) is 4.80. The molecule has 0 aromatic heterocycles. The van der Waals surface area contributed by atoms with Crippen LogP contribution in [0.3, 0.4) is 0 Å². The topological polar surface area (TPSA) is 46.3 Å². The van der Waals surface area contributed by atoms with Crippen LogP contribution in [0.5, 0.6) is 0 Å². The number of hydrogen-bond donors (Lipinski definition) is 1. The van der Waals surface area contributed by atoms with Crippen LogP contribution in [-0.2, 0) is 17.8 Å². The Labute approximate surface area is 108 Å². The van der Waals surface area contributed by atoms with Crippen molar-refractivity contribution in [1.29, 1.82) is 0 Å². The van der Waals surface area contributed by atoms with Crippen LogP contribution in [0.15, 0.2) is 30.9 Å². The van der Waals surface area contributed by atoms with E-state index in [0.29, 0.717) is 6.42 Å². The minimum Gasteiger partial charge on any atom is -0.399 e. The van der Waals surface area contributed by atoms with E-state index in [0.717, 1.165) is 37.9 Å². The second-order valence-electron chi connectivity index (χ2n) is 4.80. The molecule has 0 aliphatic carbocycles. The quantitative estimate of drug-likeness (QED) is 0.490. The van der Waals surface area contributed by atoms with E-state index in [1.54, 1.807) is 0 Å². The summed E-state index contributed by atoms with van der Waals surface area (Å²) in [7, 11) is 0. The van der Waals surface area contributed by atoms with Crippen molar-refractivity contribution in [1.82, 2.24) is 4.90 Å². The largest absolute Gasteiger partial charge is 0.399 e. The first-order valence-corrected chi connectivity index (χ1v) is 6.42. The molecule has 1 aromatic rings. The molecule has 0 bridgehead atoms. The Morgan fingerprint density at radius 2 is 2.28 bits per heavy atom. The molecule has 0 fully saturated rings. The summed E-state index contributed by atoms with van der Waals surface area (Å²) in [5, 5.41) is 0. The second kappa shape index (κ2) is 5.83. The van der Waals surface area contributed by atoms with E-state index < -0.39 is 0 Å². The summed E-state index contributed by atoms with van der Waals surface area (Å²) in [6.45, 7) is 5.80. The summed E-state index contributed by atoms with van der Waals surface area (Å²) in [5.74, 6) is 0. The van der Waals surface area contributed by atoms with Crippen molar-refractivity contribution < 1.29 is 4.79 Å². The van der Waals surface area contributed by atoms with Crippen LogP contribution >= 0.6 is 0 Å². The number of hydrogen-bond acceptors (Lipinski definition) is 3. The fourth-order valence-corrected chi connectivity index (χ4v) is 2.57. The number of nitrogens with two attached hydrogens (primary N) is 1. The molecule has 18 heavy (non-hydrogen) atoms. The van der Waals surface area contributed by atoms with E-state index in [1.807, 2.05) is 12.1 Å². The van der Waals surface area contributed by atoms with Crippen molar-refractivity contribution in [2.75, 3.05) is 12.3 Å². The van der Waals surface area contributed by atoms with Crippen molar-refractivity contribution in [3.05, 3.63) is 42.0 Å². The van der Waals surface area contributed by atoms with E-state index in [2.05, 4.69) is 23.6 Å². The summed E-state index contributed by atoms with van der Waals surface area (Å²) in [6, 6.07) is 6.42. The van der Waals surface area contributed by atoms with Crippen molar-refractivity contribution in [2.45, 2.75) is 31.8 Å². The number of fused-ring (bicyclic) bond motifs is 1. The Balaban J connectivity index is 2.09. The lowest BCUT2D eigenvalue weighted by molar-refractivity contribution is -0.108. The lowest BCUT2D eigenvalue weighted by Crippen LogP contribution is -2.38. The van der Waals surface area contributed by atoms with Gasteiger partial charge < -0.3 is 10.5 Å². The smallest absolute Gasteiger partial charge is 0.120 e. The molecule has 96 valence electrons. The van der Waals surface area contributed by atoms with Crippen molar-refractivity contribution in [3.8, 4) is 0 Å². The predicted octanol–water partition coefficient (Wildman–Crippen LogP) is 2.16. The third kappa shape index (κ3) is 2.79. The molecule has 0 saturated heterocycles. The zero-order valence-electron chi connectivity index (χ0n) is 10.6. The SMILES string of the molecule is C=CC(CCC=O)N1CCc2ccc(N)cc2C1. The molecule has 1 aliphatic heterocycles. The number of carbonyl (C=O) groups excluding carboxylic acids is 1. The Kier molecular flexibility index (Phi) is 4.15. The molecule has 0 radical (unpaired) electrons. The van der Waals surface area contributed by atoms with Gasteiger partial charge in [-0.1, -0.05) is 12.1 Å². The normalized spacial score (nSPS) is 16.9. The Morgan fingerprint density at radius 3 is 3.00 bits per heavy atom. The first kappa shape index (κ1) is 12.8. The molecule has 1 aromatic carbocycles. The minimum absolute atomic E-state index is 0.282. The number of rotatable bonds is 5. The number of nitrogen functional groups attached to an aromatic ring is 1. The Hall–Kier alpha value is -1.61. The summed E-state index contributed by atoms with van der Waals surface area (Å²) >= 11 is 0. The molecule has 0 saturated carbocycles. The number of benzene rings is 1. The van der Waals surface area contributed by atoms with Gasteiger partial charge in [-0.3, -0.25) is 4.90 Å². The van der Waals surface area contributed by atoms with Gasteiger partial charge in [-0.05, 0) is 36.1 Å². The third-order valence-corrected chi connectivity index (χ3v) is 3.59. The van der Waals surface area contributed by atoms with Gasteiger partial charge >= 0.3 is 0 Å². The molecule has 0 spiro atoms. The van der Waals surface area contributed by atoms with E-state index in [1.165, 1.54) is 11.1 Å². The zero-order chi connectivity index (χ0) is 13.0. The molecule has 3 nitrogen and oxygen atoms in total. The number of nitrogens with zero attached hydrogens (tertiary/aromatic N) is 1. The maximum atomic E-state index is 10.5. The van der Waals surface area contributed by atoms with Gasteiger partial charge in [0.05, 0.1) is 0 Å². The van der Waals surface area contributed by atoms with Crippen molar-refractivity contribution in [2.24, 2.45) is 0 Å². The number of anilines is 1. The molecule has 0 amide bonds. The van der Waals surface area contributed by atoms with Crippen LogP contribution in [0.1, 0.15) is 24.0 Å². The Bertz CT molecular complexity index is 442. The standard InChI is InChI=1S/C15H20N2O/c1-2-15(4-3-9-18)17-8-7-12-5-6-14(16)10-13(12)11-17/h2,5-6,9-10,15H,1,3-4,7-8,11,16H2. The van der Waals surface area contributed by atoms with E-state index in [-0.39, 0.29) is 6.04 Å². The maximum Gasteiger partial charge on any atom is 0.120 e. The van der Waals surface area contributed by atoms with Crippen LogP contribution in [0.2, 0.25) is 0 Å². The zero-order valence-corrected chi connectivity index (χ0v) is 10.6. The van der Waals surface area contributed by atoms with Crippen molar-refractivity contribution in [3.63, 3.8) is 0 Å². The highest BCUT2D eigenvalue weighted by molar-refractivity contribution is 5.49. The highest BCUT2D eigenvalue weighted by Crippen LogP contribution is 2.24. The first-order valence-electron chi connectivity index (χ1n) is 6.42. The highest BCUT2D eigenvalue weighted by atomic mass is 16.1. The molecule has 2 N–H and O–H groups in total. The monoisotopic (exact) mass is 244 g/mol. The van der Waals surface area contributed by atoms with Crippen LogP contribution in [-0.4, -0.2) is 23.8 Å². The van der Waals surface area contributed by atoms with Gasteiger partial charge in [0.25, 0.3) is 0 Å². The minimum atomic E-state index is 0.282. The third-order valence-electron chi connectivity index (χ3n) is 3.59. The van der Waals surface area contributed by atoms with Gasteiger partial charge in [-0.2, -0.15) is 0 Å². The van der Waals surface area contributed by atoms with Crippen LogP contribution in [0, 0.1) is 0 Å². The molecular formula is C15H20N2O. The summed E-state index contributed by atoms with van der Waals surface area (Å²) in [5.41, 5.74) is 9.34. The van der Waals surface area contributed by atoms with Gasteiger partial charge in [0.15, 0.2) is 0 Å². The first-order chi connectivity index (χ1) is 8.74. The van der Waals surface area contributed by atoms with E-state index in [4.69, 9.17) is 5.73 Å². The molecule has 1 atom stereocenters. The summed E-state index contributed by atoms with van der Waals surface area (Å²) < 4.78 is 0. The van der Waals surface area contributed by atoms with Gasteiger partial charge in [-0.25, -0.2) is 0 Å². The number of carbonyl (C=O) groups is 1. The highest BCUT2D eigenvalue weighted by Gasteiger charge is 2.21. The maximum absolute atomic E-state index is 10.5. The van der Waals surface area contributed by atoms with E-state index >= 15 is 0 Å². The lowest BCUT2D eigenvalue weighted by atomic mass is 9.97. The molecule has 3 heteroatoms. The molecular weight excluding hydrogens is 224 g/mol. The lowest BCUT2D eigenvalue weighted by Gasteiger charge is -2.34.